The maximum absolute atomic E-state index is 9.75. The molecule has 0 saturated heterocycles. The van der Waals surface area contributed by atoms with Gasteiger partial charge < -0.3 is 17.3 Å². The summed E-state index contributed by atoms with van der Waals surface area (Å²) < 4.78 is 44.9. The Morgan fingerprint density at radius 2 is 1.92 bits per heavy atom. The zero-order chi connectivity index (χ0) is 9.61. The Bertz CT molecular complexity index is 193. The van der Waals surface area contributed by atoms with E-state index in [1.807, 2.05) is 16.3 Å². The normalized spacial score (nSPS) is 10.4. The fraction of sp³-hybridized carbons (Fsp3) is 0.500. The third-order valence-corrected chi connectivity index (χ3v) is 1.32. The highest BCUT2D eigenvalue weighted by molar-refractivity contribution is 7.03. The number of rotatable bonds is 1. The Balaban J connectivity index is 0.000000217. The molecule has 1 heterocycles. The largest absolute Gasteiger partial charge is 0.673 e. The second-order valence-corrected chi connectivity index (χ2v) is 2.37. The molecule has 0 bridgehead atoms. The third kappa shape index (κ3) is 9.34. The zero-order valence-electron chi connectivity index (χ0n) is 6.25. The minimum Gasteiger partial charge on any atom is -0.418 e. The van der Waals surface area contributed by atoms with Gasteiger partial charge in [0.15, 0.2) is 6.54 Å². The van der Waals surface area contributed by atoms with Crippen LogP contribution in [0.4, 0.5) is 17.3 Å². The van der Waals surface area contributed by atoms with Gasteiger partial charge in [-0.2, -0.15) is 0 Å². The predicted molar refractivity (Wildman–Crippen MR) is 38.2 cm³/mol. The standard InChI is InChI=1S/C4H7N2S.BF4/c1-2-6-3-4-7-5-6;2-1(3,4)5/h3-4H,2H2,1H3;/q+1;-1. The first kappa shape index (κ1) is 11.3. The quantitative estimate of drug-likeness (QED) is 0.385. The van der Waals surface area contributed by atoms with E-state index in [-0.39, 0.29) is 0 Å². The van der Waals surface area contributed by atoms with Gasteiger partial charge in [-0.25, -0.2) is 0 Å². The van der Waals surface area contributed by atoms with Gasteiger partial charge in [0.1, 0.15) is 0 Å². The fourth-order valence-electron chi connectivity index (χ4n) is 0.376. The first-order chi connectivity index (χ1) is 5.43. The van der Waals surface area contributed by atoms with E-state index < -0.39 is 7.25 Å². The molecule has 0 aromatic carbocycles. The molecule has 0 N–H and O–H groups in total. The molecule has 0 aliphatic rings. The number of halogens is 4. The van der Waals surface area contributed by atoms with Crippen LogP contribution in [0, 0.1) is 0 Å². The second-order valence-electron chi connectivity index (χ2n) is 1.72. The summed E-state index contributed by atoms with van der Waals surface area (Å²) in [6.07, 6.45) is 1.96. The van der Waals surface area contributed by atoms with Crippen LogP contribution >= 0.6 is 11.5 Å². The van der Waals surface area contributed by atoms with Crippen molar-refractivity contribution in [1.29, 1.82) is 0 Å². The van der Waals surface area contributed by atoms with Gasteiger partial charge in [0.2, 0.25) is 6.20 Å². The molecule has 0 fully saturated rings. The lowest BCUT2D eigenvalue weighted by atomic mass is 10.3. The van der Waals surface area contributed by atoms with Crippen LogP contribution in [0.25, 0.3) is 0 Å². The summed E-state index contributed by atoms with van der Waals surface area (Å²) in [4.78, 5) is 0. The van der Waals surface area contributed by atoms with E-state index in [0.717, 1.165) is 6.54 Å². The van der Waals surface area contributed by atoms with Crippen molar-refractivity contribution in [2.75, 3.05) is 0 Å². The van der Waals surface area contributed by atoms with Crippen LogP contribution in [0.1, 0.15) is 6.92 Å². The van der Waals surface area contributed by atoms with Gasteiger partial charge in [0, 0.05) is 11.5 Å². The van der Waals surface area contributed by atoms with Crippen LogP contribution < -0.4 is 4.68 Å². The first-order valence-electron chi connectivity index (χ1n) is 3.11. The van der Waals surface area contributed by atoms with E-state index in [1.165, 1.54) is 11.5 Å². The molecule has 0 spiro atoms. The Kier molecular flexibility index (Phi) is 4.80. The second kappa shape index (κ2) is 5.07. The Morgan fingerprint density at radius 3 is 2.08 bits per heavy atom. The molecule has 12 heavy (non-hydrogen) atoms. The lowest BCUT2D eigenvalue weighted by molar-refractivity contribution is -0.743. The molecule has 0 aliphatic carbocycles. The van der Waals surface area contributed by atoms with Gasteiger partial charge in [-0.05, 0) is 6.92 Å². The predicted octanol–water partition coefficient (Wildman–Crippen LogP) is 1.75. The molecule has 1 rings (SSSR count). The molecule has 0 atom stereocenters. The van der Waals surface area contributed by atoms with Crippen molar-refractivity contribution in [2.45, 2.75) is 13.5 Å². The van der Waals surface area contributed by atoms with Gasteiger partial charge >= 0.3 is 7.25 Å². The lowest BCUT2D eigenvalue weighted by Crippen LogP contribution is -2.32. The number of hydrogen-bond acceptors (Lipinski definition) is 2. The number of aryl methyl sites for hydroxylation is 1. The summed E-state index contributed by atoms with van der Waals surface area (Å²) >= 11 is 1.48. The van der Waals surface area contributed by atoms with Crippen LogP contribution in [0.3, 0.4) is 0 Å². The van der Waals surface area contributed by atoms with Gasteiger partial charge in [0.25, 0.3) is 0 Å². The van der Waals surface area contributed by atoms with Gasteiger partial charge in [-0.15, -0.1) is 0 Å². The SMILES string of the molecule is CC[n+]1ccsn1.F[B-](F)(F)F. The molecule has 70 valence electrons. The molecular weight excluding hydrogens is 195 g/mol. The maximum atomic E-state index is 9.75. The molecule has 1 aromatic rings. The van der Waals surface area contributed by atoms with Crippen molar-refractivity contribution in [1.82, 2.24) is 4.49 Å². The summed E-state index contributed by atoms with van der Waals surface area (Å²) in [6.45, 7) is 3.04. The van der Waals surface area contributed by atoms with Crippen molar-refractivity contribution < 1.29 is 21.9 Å². The fourth-order valence-corrected chi connectivity index (χ4v) is 0.916. The number of hydrogen-bond donors (Lipinski definition) is 0. The van der Waals surface area contributed by atoms with E-state index in [1.54, 1.807) is 0 Å². The average molecular weight is 202 g/mol. The van der Waals surface area contributed by atoms with Crippen LogP contribution in [0.5, 0.6) is 0 Å². The van der Waals surface area contributed by atoms with E-state index in [2.05, 4.69) is 11.4 Å². The summed E-state index contributed by atoms with van der Waals surface area (Å²) in [5, 5.41) is 1.96. The maximum Gasteiger partial charge on any atom is 0.673 e. The average Bonchev–Trinajstić information content (AvgIpc) is 2.33. The highest BCUT2D eigenvalue weighted by Gasteiger charge is 2.20. The lowest BCUT2D eigenvalue weighted by Gasteiger charge is -1.94. The van der Waals surface area contributed by atoms with Crippen molar-refractivity contribution in [3.8, 4) is 0 Å². The minimum atomic E-state index is -6.00. The molecule has 0 saturated carbocycles. The highest BCUT2D eigenvalue weighted by atomic mass is 32.1. The summed E-state index contributed by atoms with van der Waals surface area (Å²) in [6, 6.07) is 0. The minimum absolute atomic E-state index is 0.976. The molecule has 0 radical (unpaired) electrons. The van der Waals surface area contributed by atoms with E-state index in [0.29, 0.717) is 0 Å². The first-order valence-corrected chi connectivity index (χ1v) is 3.94. The molecule has 8 heteroatoms. The summed E-state index contributed by atoms with van der Waals surface area (Å²) in [5.41, 5.74) is 0. The van der Waals surface area contributed by atoms with Crippen LogP contribution in [0.15, 0.2) is 11.6 Å². The molecule has 1 aromatic heterocycles. The molecule has 2 nitrogen and oxygen atoms in total. The van der Waals surface area contributed by atoms with Crippen molar-refractivity contribution in [3.63, 3.8) is 0 Å². The van der Waals surface area contributed by atoms with Gasteiger partial charge in [-0.1, -0.05) is 4.68 Å². The topological polar surface area (TPSA) is 16.8 Å². The number of nitrogens with zero attached hydrogens (tertiary/aromatic N) is 2. The highest BCUT2D eigenvalue weighted by Crippen LogP contribution is 2.06. The van der Waals surface area contributed by atoms with Crippen LogP contribution in [0.2, 0.25) is 0 Å². The Labute approximate surface area is 71.1 Å². The molecule has 0 unspecified atom stereocenters. The monoisotopic (exact) mass is 202 g/mol. The van der Waals surface area contributed by atoms with Gasteiger partial charge in [-0.3, -0.25) is 0 Å². The Morgan fingerprint density at radius 1 is 1.42 bits per heavy atom. The summed E-state index contributed by atoms with van der Waals surface area (Å²) in [7, 11) is -6.00. The van der Waals surface area contributed by atoms with Crippen molar-refractivity contribution in [2.24, 2.45) is 0 Å². The van der Waals surface area contributed by atoms with E-state index >= 15 is 0 Å². The van der Waals surface area contributed by atoms with Crippen LogP contribution in [-0.2, 0) is 6.54 Å². The van der Waals surface area contributed by atoms with Gasteiger partial charge in [0.05, 0.1) is 9.87 Å². The Hall–Kier alpha value is -0.655. The third-order valence-electron chi connectivity index (χ3n) is 0.770. The van der Waals surface area contributed by atoms with Crippen LogP contribution in [-0.4, -0.2) is 11.7 Å². The van der Waals surface area contributed by atoms with E-state index in [4.69, 9.17) is 0 Å². The van der Waals surface area contributed by atoms with Crippen molar-refractivity contribution in [3.05, 3.63) is 11.6 Å². The van der Waals surface area contributed by atoms with Crippen molar-refractivity contribution >= 4 is 18.8 Å². The smallest absolute Gasteiger partial charge is 0.418 e. The number of aromatic nitrogens is 2. The molecule has 0 amide bonds. The molecular formula is C4H7BF4N2S. The zero-order valence-corrected chi connectivity index (χ0v) is 7.07. The molecule has 0 aliphatic heterocycles. The van der Waals surface area contributed by atoms with E-state index in [9.17, 15) is 17.3 Å². The summed E-state index contributed by atoms with van der Waals surface area (Å²) in [5.74, 6) is 0.